The summed E-state index contributed by atoms with van der Waals surface area (Å²) in [6.07, 6.45) is 0.257. The SMILES string of the molecule is CC(=O)CCC(=O)c1cc(I)ccc1OCc1ccc(F)cc1F. The minimum Gasteiger partial charge on any atom is -0.488 e. The molecule has 2 rings (SSSR count). The summed E-state index contributed by atoms with van der Waals surface area (Å²) in [5.74, 6) is -1.33. The lowest BCUT2D eigenvalue weighted by atomic mass is 10.0. The van der Waals surface area contributed by atoms with Gasteiger partial charge in [0.1, 0.15) is 29.8 Å². The van der Waals surface area contributed by atoms with Crippen molar-refractivity contribution in [2.24, 2.45) is 0 Å². The number of benzene rings is 2. The molecule has 0 spiro atoms. The Kier molecular flexibility index (Phi) is 6.42. The number of carbonyl (C=O) groups excluding carboxylic acids is 2. The third kappa shape index (κ3) is 5.09. The highest BCUT2D eigenvalue weighted by molar-refractivity contribution is 14.1. The predicted octanol–water partition coefficient (Wildman–Crippen LogP) is 4.70. The van der Waals surface area contributed by atoms with Crippen LogP contribution in [0.4, 0.5) is 8.78 Å². The van der Waals surface area contributed by atoms with Gasteiger partial charge in [0.15, 0.2) is 5.78 Å². The fourth-order valence-electron chi connectivity index (χ4n) is 2.06. The highest BCUT2D eigenvalue weighted by Gasteiger charge is 2.15. The summed E-state index contributed by atoms with van der Waals surface area (Å²) in [7, 11) is 0. The van der Waals surface area contributed by atoms with Crippen molar-refractivity contribution in [3.63, 3.8) is 0 Å². The number of ether oxygens (including phenoxy) is 1. The molecule has 0 fully saturated rings. The van der Waals surface area contributed by atoms with Crippen LogP contribution in [0.5, 0.6) is 5.75 Å². The zero-order valence-corrected chi connectivity index (χ0v) is 15.1. The third-order valence-corrected chi connectivity index (χ3v) is 4.02. The summed E-state index contributed by atoms with van der Waals surface area (Å²) < 4.78 is 33.0. The molecule has 0 bridgehead atoms. The van der Waals surface area contributed by atoms with Gasteiger partial charge in [-0.05, 0) is 59.8 Å². The van der Waals surface area contributed by atoms with Gasteiger partial charge >= 0.3 is 0 Å². The Labute approximate surface area is 152 Å². The molecule has 0 aliphatic heterocycles. The molecule has 0 amide bonds. The fourth-order valence-corrected chi connectivity index (χ4v) is 2.56. The lowest BCUT2D eigenvalue weighted by Crippen LogP contribution is -2.07. The van der Waals surface area contributed by atoms with Gasteiger partial charge in [-0.15, -0.1) is 0 Å². The topological polar surface area (TPSA) is 43.4 Å². The van der Waals surface area contributed by atoms with Gasteiger partial charge < -0.3 is 9.53 Å². The molecular weight excluding hydrogens is 429 g/mol. The van der Waals surface area contributed by atoms with E-state index in [0.717, 1.165) is 15.7 Å². The standard InChI is InChI=1S/C18H15F2IO3/c1-11(22)2-6-17(23)15-9-14(21)5-7-18(15)24-10-12-3-4-13(19)8-16(12)20/h3-5,7-9H,2,6,10H2,1H3. The van der Waals surface area contributed by atoms with Crippen molar-refractivity contribution in [1.82, 2.24) is 0 Å². The van der Waals surface area contributed by atoms with Crippen molar-refractivity contribution in [2.45, 2.75) is 26.4 Å². The molecule has 0 aliphatic rings. The zero-order chi connectivity index (χ0) is 17.7. The predicted molar refractivity (Wildman–Crippen MR) is 94.1 cm³/mol. The maximum atomic E-state index is 13.7. The van der Waals surface area contributed by atoms with Crippen LogP contribution in [0.2, 0.25) is 0 Å². The second kappa shape index (κ2) is 8.32. The monoisotopic (exact) mass is 444 g/mol. The number of hydrogen-bond acceptors (Lipinski definition) is 3. The molecule has 2 aromatic carbocycles. The van der Waals surface area contributed by atoms with Gasteiger partial charge in [0.25, 0.3) is 0 Å². The van der Waals surface area contributed by atoms with Crippen LogP contribution in [0.15, 0.2) is 36.4 Å². The average molecular weight is 444 g/mol. The van der Waals surface area contributed by atoms with E-state index >= 15 is 0 Å². The highest BCUT2D eigenvalue weighted by atomic mass is 127. The molecule has 0 radical (unpaired) electrons. The number of hydrogen-bond donors (Lipinski definition) is 0. The summed E-state index contributed by atoms with van der Waals surface area (Å²) in [6.45, 7) is 1.30. The molecule has 2 aromatic rings. The Morgan fingerprint density at radius 1 is 1.08 bits per heavy atom. The van der Waals surface area contributed by atoms with Gasteiger partial charge in [-0.3, -0.25) is 4.79 Å². The molecule has 0 heterocycles. The second-order valence-electron chi connectivity index (χ2n) is 5.29. The van der Waals surface area contributed by atoms with Gasteiger partial charge in [-0.1, -0.05) is 0 Å². The third-order valence-electron chi connectivity index (χ3n) is 3.34. The van der Waals surface area contributed by atoms with Crippen molar-refractivity contribution in [3.05, 3.63) is 62.7 Å². The van der Waals surface area contributed by atoms with Crippen LogP contribution in [0.25, 0.3) is 0 Å². The van der Waals surface area contributed by atoms with Crippen molar-refractivity contribution < 1.29 is 23.1 Å². The van der Waals surface area contributed by atoms with E-state index in [4.69, 9.17) is 4.74 Å². The van der Waals surface area contributed by atoms with Crippen LogP contribution in [-0.2, 0) is 11.4 Å². The Morgan fingerprint density at radius 3 is 2.50 bits per heavy atom. The van der Waals surface area contributed by atoms with Crippen molar-refractivity contribution in [3.8, 4) is 5.75 Å². The molecule has 0 saturated heterocycles. The number of ketones is 2. The molecule has 6 heteroatoms. The van der Waals surface area contributed by atoms with Crippen LogP contribution >= 0.6 is 22.6 Å². The molecular formula is C18H15F2IO3. The van der Waals surface area contributed by atoms with Gasteiger partial charge in [-0.2, -0.15) is 0 Å². The van der Waals surface area contributed by atoms with Gasteiger partial charge in [0.2, 0.25) is 0 Å². The highest BCUT2D eigenvalue weighted by Crippen LogP contribution is 2.25. The lowest BCUT2D eigenvalue weighted by molar-refractivity contribution is -0.116. The van der Waals surface area contributed by atoms with Crippen LogP contribution in [0, 0.1) is 15.2 Å². The first-order chi connectivity index (χ1) is 11.4. The van der Waals surface area contributed by atoms with Gasteiger partial charge in [0, 0.05) is 28.0 Å². The van der Waals surface area contributed by atoms with E-state index in [1.807, 2.05) is 0 Å². The molecule has 24 heavy (non-hydrogen) atoms. The van der Waals surface area contributed by atoms with E-state index in [1.54, 1.807) is 18.2 Å². The Morgan fingerprint density at radius 2 is 1.83 bits per heavy atom. The number of rotatable bonds is 7. The van der Waals surface area contributed by atoms with Crippen molar-refractivity contribution >= 4 is 34.2 Å². The number of Topliss-reactive ketones (excluding diaryl/α,β-unsaturated/α-hetero) is 2. The minimum absolute atomic E-state index is 0.0650. The molecule has 0 saturated carbocycles. The largest absolute Gasteiger partial charge is 0.488 e. The maximum absolute atomic E-state index is 13.7. The molecule has 0 atom stereocenters. The van der Waals surface area contributed by atoms with E-state index in [2.05, 4.69) is 22.6 Å². The van der Waals surface area contributed by atoms with E-state index in [-0.39, 0.29) is 36.6 Å². The molecule has 0 N–H and O–H groups in total. The summed E-state index contributed by atoms with van der Waals surface area (Å²) in [6, 6.07) is 8.29. The van der Waals surface area contributed by atoms with Crippen LogP contribution in [-0.4, -0.2) is 11.6 Å². The van der Waals surface area contributed by atoms with Crippen molar-refractivity contribution in [2.75, 3.05) is 0 Å². The molecule has 0 unspecified atom stereocenters. The van der Waals surface area contributed by atoms with E-state index in [9.17, 15) is 18.4 Å². The Bertz CT molecular complexity index is 775. The second-order valence-corrected chi connectivity index (χ2v) is 6.54. The van der Waals surface area contributed by atoms with Crippen molar-refractivity contribution in [1.29, 1.82) is 0 Å². The Balaban J connectivity index is 2.17. The first-order valence-electron chi connectivity index (χ1n) is 7.25. The number of halogens is 3. The Hall–Kier alpha value is -1.83. The smallest absolute Gasteiger partial charge is 0.167 e. The van der Waals surface area contributed by atoms with E-state index < -0.39 is 11.6 Å². The first kappa shape index (κ1) is 18.5. The summed E-state index contributed by atoms with van der Waals surface area (Å²) in [4.78, 5) is 23.3. The minimum atomic E-state index is -0.704. The van der Waals surface area contributed by atoms with E-state index in [1.165, 1.54) is 13.0 Å². The zero-order valence-electron chi connectivity index (χ0n) is 12.9. The molecule has 3 nitrogen and oxygen atoms in total. The quantitative estimate of drug-likeness (QED) is 0.460. The van der Waals surface area contributed by atoms with E-state index in [0.29, 0.717) is 11.3 Å². The summed E-state index contributed by atoms with van der Waals surface area (Å²) >= 11 is 2.07. The normalized spacial score (nSPS) is 10.5. The number of carbonyl (C=O) groups is 2. The lowest BCUT2D eigenvalue weighted by Gasteiger charge is -2.12. The first-order valence-corrected chi connectivity index (χ1v) is 8.33. The average Bonchev–Trinajstić information content (AvgIpc) is 2.52. The fraction of sp³-hybridized carbons (Fsp3) is 0.222. The van der Waals surface area contributed by atoms with Gasteiger partial charge in [0.05, 0.1) is 5.56 Å². The summed E-state index contributed by atoms with van der Waals surface area (Å²) in [5, 5.41) is 0. The molecule has 126 valence electrons. The maximum Gasteiger partial charge on any atom is 0.167 e. The molecule has 0 aliphatic carbocycles. The van der Waals surface area contributed by atoms with Crippen LogP contribution in [0.3, 0.4) is 0 Å². The van der Waals surface area contributed by atoms with Crippen LogP contribution < -0.4 is 4.74 Å². The molecule has 0 aromatic heterocycles. The van der Waals surface area contributed by atoms with Crippen LogP contribution in [0.1, 0.15) is 35.7 Å². The van der Waals surface area contributed by atoms with Gasteiger partial charge in [-0.25, -0.2) is 8.78 Å². The summed E-state index contributed by atoms with van der Waals surface area (Å²) in [5.41, 5.74) is 0.544.